The second kappa shape index (κ2) is 6.19. The van der Waals surface area contributed by atoms with Gasteiger partial charge in [0.15, 0.2) is 5.82 Å². The van der Waals surface area contributed by atoms with Gasteiger partial charge in [0, 0.05) is 43.5 Å². The van der Waals surface area contributed by atoms with Crippen LogP contribution in [0.1, 0.15) is 17.7 Å². The highest BCUT2D eigenvalue weighted by atomic mass is 32.1. The molecule has 2 saturated heterocycles. The second-order valence-corrected chi connectivity index (χ2v) is 7.31. The summed E-state index contributed by atoms with van der Waals surface area (Å²) in [5.41, 5.74) is -0.133. The zero-order chi connectivity index (χ0) is 15.7. The molecule has 4 rings (SSSR count). The molecule has 2 fully saturated rings. The molecule has 4 nitrogen and oxygen atoms in total. The average molecular weight is 334 g/mol. The Morgan fingerprint density at radius 3 is 3.09 bits per heavy atom. The summed E-state index contributed by atoms with van der Waals surface area (Å²) in [7, 11) is 0. The summed E-state index contributed by atoms with van der Waals surface area (Å²) < 4.78 is 25.5. The highest BCUT2D eigenvalue weighted by Gasteiger charge is 2.48. The van der Waals surface area contributed by atoms with E-state index in [0.29, 0.717) is 6.61 Å². The third-order valence-electron chi connectivity index (χ3n) is 4.43. The van der Waals surface area contributed by atoms with Crippen molar-refractivity contribution in [3.05, 3.63) is 46.5 Å². The summed E-state index contributed by atoms with van der Waals surface area (Å²) in [4.78, 5) is 7.74. The lowest BCUT2D eigenvalue weighted by atomic mass is 9.84. The number of nitrogens with zero attached hydrogens (tertiary/aromatic N) is 2. The first-order valence-corrected chi connectivity index (χ1v) is 8.76. The SMILES string of the molecule is Fc1cccnc1O[C@H]1CCOC2(C1)CN(Cc1cccs1)C2. The van der Waals surface area contributed by atoms with Crippen molar-refractivity contribution < 1.29 is 13.9 Å². The zero-order valence-corrected chi connectivity index (χ0v) is 13.6. The molecule has 6 heteroatoms. The van der Waals surface area contributed by atoms with Gasteiger partial charge in [-0.15, -0.1) is 11.3 Å². The van der Waals surface area contributed by atoms with Gasteiger partial charge in [-0.2, -0.15) is 0 Å². The molecular weight excluding hydrogens is 315 g/mol. The lowest BCUT2D eigenvalue weighted by molar-refractivity contribution is -0.188. The summed E-state index contributed by atoms with van der Waals surface area (Å²) in [5, 5.41) is 2.10. The minimum absolute atomic E-state index is 0.0305. The van der Waals surface area contributed by atoms with Crippen molar-refractivity contribution in [2.45, 2.75) is 31.1 Å². The molecule has 4 heterocycles. The maximum Gasteiger partial charge on any atom is 0.250 e. The van der Waals surface area contributed by atoms with Crippen LogP contribution in [0.15, 0.2) is 35.8 Å². The molecule has 2 aliphatic rings. The van der Waals surface area contributed by atoms with Crippen LogP contribution in [-0.4, -0.2) is 41.3 Å². The Morgan fingerprint density at radius 2 is 2.30 bits per heavy atom. The summed E-state index contributed by atoms with van der Waals surface area (Å²) in [6.07, 6.45) is 3.10. The van der Waals surface area contributed by atoms with Crippen LogP contribution in [0.2, 0.25) is 0 Å². The highest BCUT2D eigenvalue weighted by molar-refractivity contribution is 7.09. The maximum absolute atomic E-state index is 13.7. The lowest BCUT2D eigenvalue weighted by Crippen LogP contribution is -2.65. The van der Waals surface area contributed by atoms with E-state index in [1.165, 1.54) is 10.9 Å². The molecule has 2 aromatic heterocycles. The van der Waals surface area contributed by atoms with E-state index in [0.717, 1.165) is 32.5 Å². The predicted molar refractivity (Wildman–Crippen MR) is 86.1 cm³/mol. The fourth-order valence-electron chi connectivity index (χ4n) is 3.42. The van der Waals surface area contributed by atoms with Gasteiger partial charge < -0.3 is 9.47 Å². The fraction of sp³-hybridized carbons (Fsp3) is 0.471. The number of rotatable bonds is 4. The predicted octanol–water partition coefficient (Wildman–Crippen LogP) is 3.09. The first kappa shape index (κ1) is 15.1. The molecule has 2 aliphatic heterocycles. The number of likely N-dealkylation sites (tertiary alicyclic amines) is 1. The van der Waals surface area contributed by atoms with Crippen LogP contribution in [0.4, 0.5) is 4.39 Å². The summed E-state index contributed by atoms with van der Waals surface area (Å²) in [5.74, 6) is -0.301. The average Bonchev–Trinajstić information content (AvgIpc) is 3.02. The molecular formula is C17H19FN2O2S. The van der Waals surface area contributed by atoms with E-state index in [1.807, 2.05) is 0 Å². The standard InChI is InChI=1S/C17H19FN2O2S/c18-15-4-1-6-19-16(15)22-13-5-7-21-17(9-13)11-20(12-17)10-14-3-2-8-23-14/h1-4,6,8,13H,5,7,9-12H2/t13-/m0/s1. The molecule has 0 aromatic carbocycles. The molecule has 0 N–H and O–H groups in total. The Kier molecular flexibility index (Phi) is 4.05. The van der Waals surface area contributed by atoms with Crippen LogP contribution >= 0.6 is 11.3 Å². The number of halogens is 1. The van der Waals surface area contributed by atoms with Gasteiger partial charge in [-0.3, -0.25) is 4.90 Å². The van der Waals surface area contributed by atoms with E-state index in [2.05, 4.69) is 27.4 Å². The number of aromatic nitrogens is 1. The van der Waals surface area contributed by atoms with Crippen molar-refractivity contribution in [3.63, 3.8) is 0 Å². The Morgan fingerprint density at radius 1 is 1.39 bits per heavy atom. The molecule has 2 aromatic rings. The maximum atomic E-state index is 13.7. The monoisotopic (exact) mass is 334 g/mol. The quantitative estimate of drug-likeness (QED) is 0.861. The molecule has 0 amide bonds. The molecule has 0 bridgehead atoms. The van der Waals surface area contributed by atoms with Gasteiger partial charge in [-0.1, -0.05) is 6.07 Å². The van der Waals surface area contributed by atoms with Crippen molar-refractivity contribution in [1.29, 1.82) is 0 Å². The van der Waals surface area contributed by atoms with Gasteiger partial charge in [0.25, 0.3) is 5.88 Å². The van der Waals surface area contributed by atoms with Gasteiger partial charge in [-0.25, -0.2) is 9.37 Å². The molecule has 0 aliphatic carbocycles. The number of ether oxygens (including phenoxy) is 2. The number of thiophene rings is 1. The van der Waals surface area contributed by atoms with Gasteiger partial charge in [0.2, 0.25) is 0 Å². The van der Waals surface area contributed by atoms with Crippen LogP contribution in [0.5, 0.6) is 5.88 Å². The Labute approximate surface area is 138 Å². The lowest BCUT2D eigenvalue weighted by Gasteiger charge is -2.53. The van der Waals surface area contributed by atoms with Crippen LogP contribution in [0.25, 0.3) is 0 Å². The fourth-order valence-corrected chi connectivity index (χ4v) is 4.17. The summed E-state index contributed by atoms with van der Waals surface area (Å²) >= 11 is 1.78. The summed E-state index contributed by atoms with van der Waals surface area (Å²) in [6.45, 7) is 3.46. The topological polar surface area (TPSA) is 34.6 Å². The number of hydrogen-bond donors (Lipinski definition) is 0. The van der Waals surface area contributed by atoms with E-state index in [1.54, 1.807) is 23.6 Å². The van der Waals surface area contributed by atoms with Crippen molar-refractivity contribution in [2.24, 2.45) is 0 Å². The number of pyridine rings is 1. The van der Waals surface area contributed by atoms with Crippen molar-refractivity contribution in [2.75, 3.05) is 19.7 Å². The molecule has 0 unspecified atom stereocenters. The van der Waals surface area contributed by atoms with E-state index in [-0.39, 0.29) is 17.6 Å². The molecule has 23 heavy (non-hydrogen) atoms. The van der Waals surface area contributed by atoms with Gasteiger partial charge in [0.1, 0.15) is 6.10 Å². The summed E-state index contributed by atoms with van der Waals surface area (Å²) in [6, 6.07) is 7.19. The molecule has 1 atom stereocenters. The second-order valence-electron chi connectivity index (χ2n) is 6.28. The Balaban J connectivity index is 1.34. The smallest absolute Gasteiger partial charge is 0.250 e. The normalized spacial score (nSPS) is 23.6. The van der Waals surface area contributed by atoms with Crippen molar-refractivity contribution in [1.82, 2.24) is 9.88 Å². The largest absolute Gasteiger partial charge is 0.472 e. The number of hydrogen-bond acceptors (Lipinski definition) is 5. The van der Waals surface area contributed by atoms with Crippen molar-refractivity contribution in [3.8, 4) is 5.88 Å². The van der Waals surface area contributed by atoms with E-state index < -0.39 is 5.82 Å². The van der Waals surface area contributed by atoms with Gasteiger partial charge in [0.05, 0.1) is 12.2 Å². The van der Waals surface area contributed by atoms with Crippen molar-refractivity contribution >= 4 is 11.3 Å². The minimum Gasteiger partial charge on any atom is -0.472 e. The highest BCUT2D eigenvalue weighted by Crippen LogP contribution is 2.36. The van der Waals surface area contributed by atoms with Crippen LogP contribution in [0.3, 0.4) is 0 Å². The van der Waals surface area contributed by atoms with Gasteiger partial charge >= 0.3 is 0 Å². The zero-order valence-electron chi connectivity index (χ0n) is 12.8. The van der Waals surface area contributed by atoms with Crippen LogP contribution in [0, 0.1) is 5.82 Å². The minimum atomic E-state index is -0.402. The molecule has 0 saturated carbocycles. The third kappa shape index (κ3) is 3.24. The molecule has 0 radical (unpaired) electrons. The van der Waals surface area contributed by atoms with Crippen LogP contribution in [-0.2, 0) is 11.3 Å². The Bertz CT molecular complexity index is 658. The Hall–Kier alpha value is -1.50. The van der Waals surface area contributed by atoms with Gasteiger partial charge in [-0.05, 0) is 23.6 Å². The first-order chi connectivity index (χ1) is 11.2. The molecule has 122 valence electrons. The molecule has 1 spiro atoms. The first-order valence-electron chi connectivity index (χ1n) is 7.88. The van der Waals surface area contributed by atoms with E-state index >= 15 is 0 Å². The van der Waals surface area contributed by atoms with E-state index in [4.69, 9.17) is 9.47 Å². The van der Waals surface area contributed by atoms with Crippen LogP contribution < -0.4 is 4.74 Å². The van der Waals surface area contributed by atoms with E-state index in [9.17, 15) is 4.39 Å². The third-order valence-corrected chi connectivity index (χ3v) is 5.29.